The number of rotatable bonds is 2. The van der Waals surface area contributed by atoms with Crippen molar-refractivity contribution in [3.8, 4) is 6.07 Å². The first-order valence-electron chi connectivity index (χ1n) is 9.53. The normalized spacial score (nSPS) is 42.0. The van der Waals surface area contributed by atoms with Crippen molar-refractivity contribution in [3.05, 3.63) is 11.5 Å². The van der Waals surface area contributed by atoms with Crippen LogP contribution in [-0.2, 0) is 18.9 Å². The Labute approximate surface area is 142 Å². The first-order chi connectivity index (χ1) is 11.7. The molecule has 3 aliphatic heterocycles. The van der Waals surface area contributed by atoms with Crippen molar-refractivity contribution in [2.45, 2.75) is 100 Å². The summed E-state index contributed by atoms with van der Waals surface area (Å²) in [7, 11) is 0. The molecule has 130 valence electrons. The molecular weight excluding hydrogens is 306 g/mol. The van der Waals surface area contributed by atoms with Gasteiger partial charge in [-0.3, -0.25) is 0 Å². The van der Waals surface area contributed by atoms with Crippen LogP contribution < -0.4 is 0 Å². The summed E-state index contributed by atoms with van der Waals surface area (Å²) in [5, 5.41) is 8.85. The summed E-state index contributed by atoms with van der Waals surface area (Å²) in [5.41, 5.74) is -0.259. The molecule has 3 heterocycles. The summed E-state index contributed by atoms with van der Waals surface area (Å²) in [6.45, 7) is 0. The summed E-state index contributed by atoms with van der Waals surface area (Å²) in [4.78, 5) is 0. The number of hydrogen-bond acceptors (Lipinski definition) is 5. The fourth-order valence-corrected chi connectivity index (χ4v) is 5.30. The van der Waals surface area contributed by atoms with E-state index in [1.54, 1.807) is 0 Å². The molecule has 5 aliphatic rings. The molecule has 0 aromatic rings. The van der Waals surface area contributed by atoms with E-state index in [9.17, 15) is 0 Å². The van der Waals surface area contributed by atoms with Crippen molar-refractivity contribution in [1.82, 2.24) is 0 Å². The van der Waals surface area contributed by atoms with Gasteiger partial charge in [-0.25, -0.2) is 0 Å². The Balaban J connectivity index is 1.38. The Morgan fingerprint density at radius 1 is 1.12 bits per heavy atom. The molecule has 5 rings (SSSR count). The Hall–Kier alpha value is -1.25. The van der Waals surface area contributed by atoms with Crippen molar-refractivity contribution in [3.63, 3.8) is 0 Å². The van der Waals surface area contributed by atoms with Gasteiger partial charge in [-0.2, -0.15) is 5.26 Å². The quantitative estimate of drug-likeness (QED) is 0.772. The third-order valence-corrected chi connectivity index (χ3v) is 6.43. The molecule has 4 fully saturated rings. The van der Waals surface area contributed by atoms with Crippen LogP contribution in [0, 0.1) is 11.3 Å². The van der Waals surface area contributed by atoms with Crippen molar-refractivity contribution in [2.75, 3.05) is 0 Å². The molecule has 2 bridgehead atoms. The molecule has 2 aliphatic carbocycles. The highest BCUT2D eigenvalue weighted by atomic mass is 16.8. The number of nitrogens with zero attached hydrogens (tertiary/aromatic N) is 1. The molecular formula is C19H25NO4. The van der Waals surface area contributed by atoms with Gasteiger partial charge in [0.2, 0.25) is 5.79 Å². The smallest absolute Gasteiger partial charge is 0.211 e. The zero-order valence-electron chi connectivity index (χ0n) is 14.1. The average molecular weight is 331 g/mol. The number of hydrogen-bond donors (Lipinski definition) is 0. The van der Waals surface area contributed by atoms with Gasteiger partial charge < -0.3 is 18.9 Å². The maximum Gasteiger partial charge on any atom is 0.211 e. The molecule has 2 spiro atoms. The van der Waals surface area contributed by atoms with Crippen LogP contribution in [0.3, 0.4) is 0 Å². The van der Waals surface area contributed by atoms with Gasteiger partial charge in [-0.15, -0.1) is 0 Å². The van der Waals surface area contributed by atoms with Crippen LogP contribution in [0.2, 0.25) is 0 Å². The van der Waals surface area contributed by atoms with E-state index in [1.165, 1.54) is 19.3 Å². The van der Waals surface area contributed by atoms with E-state index in [0.717, 1.165) is 56.5 Å². The average Bonchev–Trinajstić information content (AvgIpc) is 3.09. The van der Waals surface area contributed by atoms with E-state index in [0.29, 0.717) is 6.42 Å². The van der Waals surface area contributed by atoms with Crippen LogP contribution in [0.1, 0.15) is 70.6 Å². The molecule has 0 amide bonds. The number of ether oxygens (including phenoxy) is 4. The second-order valence-corrected chi connectivity index (χ2v) is 8.03. The van der Waals surface area contributed by atoms with Crippen LogP contribution in [-0.4, -0.2) is 29.7 Å². The predicted molar refractivity (Wildman–Crippen MR) is 84.6 cm³/mol. The van der Waals surface area contributed by atoms with Gasteiger partial charge in [-0.1, -0.05) is 6.42 Å². The molecule has 0 aromatic heterocycles. The van der Waals surface area contributed by atoms with Crippen LogP contribution in [0.25, 0.3) is 0 Å². The standard InChI is InChI=1S/C19H25NO4/c20-10-4-5-13-6-7-16-18(22-13)11-14(21-16)17-15(12-18)23-19(24-17)8-2-1-3-9-19/h13,15-16H,1-9,11-12H2/t13?,15-,16+,18-/m1/s1. The maximum absolute atomic E-state index is 8.85. The molecule has 0 radical (unpaired) electrons. The topological polar surface area (TPSA) is 60.7 Å². The summed E-state index contributed by atoms with van der Waals surface area (Å²) < 4.78 is 25.6. The number of fused-ring (bicyclic) bond motifs is 2. The fraction of sp³-hybridized carbons (Fsp3) is 0.842. The second kappa shape index (κ2) is 5.37. The Kier molecular flexibility index (Phi) is 3.37. The van der Waals surface area contributed by atoms with Crippen molar-refractivity contribution >= 4 is 0 Å². The van der Waals surface area contributed by atoms with Gasteiger partial charge in [0, 0.05) is 32.1 Å². The molecule has 1 saturated carbocycles. The lowest BCUT2D eigenvalue weighted by atomic mass is 9.79. The van der Waals surface area contributed by atoms with Crippen LogP contribution in [0.15, 0.2) is 11.5 Å². The zero-order chi connectivity index (χ0) is 16.2. The van der Waals surface area contributed by atoms with Crippen molar-refractivity contribution in [2.24, 2.45) is 0 Å². The van der Waals surface area contributed by atoms with Gasteiger partial charge in [0.1, 0.15) is 23.6 Å². The highest BCUT2D eigenvalue weighted by Crippen LogP contribution is 2.56. The molecule has 1 unspecified atom stereocenters. The van der Waals surface area contributed by atoms with Gasteiger partial charge in [0.15, 0.2) is 5.76 Å². The zero-order valence-corrected chi connectivity index (χ0v) is 14.1. The van der Waals surface area contributed by atoms with Gasteiger partial charge in [0.25, 0.3) is 0 Å². The van der Waals surface area contributed by atoms with Crippen molar-refractivity contribution in [1.29, 1.82) is 5.26 Å². The van der Waals surface area contributed by atoms with Gasteiger partial charge >= 0.3 is 0 Å². The largest absolute Gasteiger partial charge is 0.488 e. The minimum Gasteiger partial charge on any atom is -0.488 e. The highest BCUT2D eigenvalue weighted by Gasteiger charge is 2.61. The van der Waals surface area contributed by atoms with Crippen LogP contribution >= 0.6 is 0 Å². The summed E-state index contributed by atoms with van der Waals surface area (Å²) in [5.74, 6) is 1.52. The first-order valence-corrected chi connectivity index (χ1v) is 9.53. The minimum absolute atomic E-state index is 0.00781. The highest BCUT2D eigenvalue weighted by molar-refractivity contribution is 5.27. The number of nitriles is 1. The van der Waals surface area contributed by atoms with Crippen molar-refractivity contribution < 1.29 is 18.9 Å². The van der Waals surface area contributed by atoms with E-state index in [-0.39, 0.29) is 23.9 Å². The molecule has 5 heteroatoms. The summed E-state index contributed by atoms with van der Waals surface area (Å²) in [6.07, 6.45) is 10.9. The van der Waals surface area contributed by atoms with E-state index in [1.807, 2.05) is 0 Å². The molecule has 24 heavy (non-hydrogen) atoms. The molecule has 5 nitrogen and oxygen atoms in total. The SMILES string of the molecule is N#CCCC1CC[C@@H]2OC3=C4OC5(CCCCC5)O[C@@H]4C[C@@]2(C3)O1. The monoisotopic (exact) mass is 331 g/mol. The molecule has 3 saturated heterocycles. The Morgan fingerprint density at radius 3 is 2.83 bits per heavy atom. The first kappa shape index (κ1) is 15.0. The minimum atomic E-state index is -0.403. The third-order valence-electron chi connectivity index (χ3n) is 6.43. The van der Waals surface area contributed by atoms with E-state index >= 15 is 0 Å². The second-order valence-electron chi connectivity index (χ2n) is 8.03. The van der Waals surface area contributed by atoms with E-state index in [2.05, 4.69) is 6.07 Å². The lowest BCUT2D eigenvalue weighted by Crippen LogP contribution is -2.51. The Morgan fingerprint density at radius 2 is 2.00 bits per heavy atom. The maximum atomic E-state index is 8.85. The predicted octanol–water partition coefficient (Wildman–Crippen LogP) is 3.69. The summed E-state index contributed by atoms with van der Waals surface area (Å²) >= 11 is 0. The van der Waals surface area contributed by atoms with Crippen LogP contribution in [0.5, 0.6) is 0 Å². The fourth-order valence-electron chi connectivity index (χ4n) is 5.30. The third kappa shape index (κ3) is 2.19. The molecule has 0 N–H and O–H groups in total. The summed E-state index contributed by atoms with van der Waals surface area (Å²) in [6, 6.07) is 2.24. The van der Waals surface area contributed by atoms with Gasteiger partial charge in [-0.05, 0) is 32.1 Å². The Bertz CT molecular complexity index is 603. The molecule has 0 aromatic carbocycles. The van der Waals surface area contributed by atoms with E-state index < -0.39 is 5.79 Å². The molecule has 4 atom stereocenters. The lowest BCUT2D eigenvalue weighted by Gasteiger charge is -2.42. The van der Waals surface area contributed by atoms with Crippen LogP contribution in [0.4, 0.5) is 0 Å². The van der Waals surface area contributed by atoms with E-state index in [4.69, 9.17) is 24.2 Å². The lowest BCUT2D eigenvalue weighted by molar-refractivity contribution is -0.207. The van der Waals surface area contributed by atoms with Gasteiger partial charge in [0.05, 0.1) is 12.2 Å².